The van der Waals surface area contributed by atoms with Crippen molar-refractivity contribution in [3.05, 3.63) is 69.3 Å². The minimum atomic E-state index is -0.544. The largest absolute Gasteiger partial charge is 0.372 e. The number of nitro groups is 1. The van der Waals surface area contributed by atoms with Gasteiger partial charge in [-0.2, -0.15) is 0 Å². The summed E-state index contributed by atoms with van der Waals surface area (Å²) in [5.41, 5.74) is 0.627. The van der Waals surface area contributed by atoms with E-state index in [1.807, 2.05) is 0 Å². The van der Waals surface area contributed by atoms with Gasteiger partial charge in [0.15, 0.2) is 5.78 Å². The average molecular weight is 351 g/mol. The molecule has 0 aromatic heterocycles. The lowest BCUT2D eigenvalue weighted by atomic mass is 9.97. The highest BCUT2D eigenvalue weighted by atomic mass is 16.6. The van der Waals surface area contributed by atoms with Gasteiger partial charge in [-0.3, -0.25) is 19.7 Å². The molecule has 7 nitrogen and oxygen atoms in total. The minimum absolute atomic E-state index is 0.0321. The molecule has 0 bridgehead atoms. The minimum Gasteiger partial charge on any atom is -0.372 e. The van der Waals surface area contributed by atoms with E-state index in [-0.39, 0.29) is 28.9 Å². The molecule has 2 aromatic rings. The molecular weight excluding hydrogens is 334 g/mol. The third-order valence-corrected chi connectivity index (χ3v) is 3.68. The summed E-state index contributed by atoms with van der Waals surface area (Å²) in [4.78, 5) is 37.4. The molecule has 0 aliphatic carbocycles. The molecule has 26 heavy (non-hydrogen) atoms. The molecule has 1 N–H and O–H groups in total. The van der Waals surface area contributed by atoms with Crippen LogP contribution in [0.4, 0.5) is 11.4 Å². The van der Waals surface area contributed by atoms with E-state index in [1.54, 1.807) is 31.1 Å². The van der Waals surface area contributed by atoms with Gasteiger partial charge in [0.05, 0.1) is 17.0 Å². The van der Waals surface area contributed by atoms with E-state index in [0.29, 0.717) is 5.69 Å². The Kier molecular flexibility index (Phi) is 5.71. The Labute approximate surface area is 150 Å². The summed E-state index contributed by atoms with van der Waals surface area (Å²) in [6.45, 7) is 0.0321. The van der Waals surface area contributed by atoms with Crippen LogP contribution in [0.15, 0.2) is 42.5 Å². The maximum Gasteiger partial charge on any atom is 0.293 e. The van der Waals surface area contributed by atoms with Crippen LogP contribution in [0.3, 0.4) is 0 Å². The number of nitrogens with one attached hydrogen (secondary N) is 1. The summed E-state index contributed by atoms with van der Waals surface area (Å²) in [6.07, 6.45) is 5.13. The highest BCUT2D eigenvalue weighted by Gasteiger charge is 2.22. The number of terminal acetylenes is 1. The maximum atomic E-state index is 12.8. The van der Waals surface area contributed by atoms with Crippen LogP contribution >= 0.6 is 0 Å². The van der Waals surface area contributed by atoms with Crippen LogP contribution in [0.1, 0.15) is 26.3 Å². The number of benzene rings is 2. The molecule has 0 atom stereocenters. The predicted molar refractivity (Wildman–Crippen MR) is 98.5 cm³/mol. The number of hydrogen-bond donors (Lipinski definition) is 1. The number of nitro benzene ring substituents is 1. The Morgan fingerprint density at radius 1 is 1.19 bits per heavy atom. The van der Waals surface area contributed by atoms with Crippen LogP contribution < -0.4 is 10.2 Å². The quantitative estimate of drug-likeness (QED) is 0.373. The number of ketones is 1. The van der Waals surface area contributed by atoms with Gasteiger partial charge in [0.25, 0.3) is 11.6 Å². The summed E-state index contributed by atoms with van der Waals surface area (Å²) < 4.78 is 0. The van der Waals surface area contributed by atoms with Crippen molar-refractivity contribution in [2.24, 2.45) is 0 Å². The molecule has 132 valence electrons. The monoisotopic (exact) mass is 351 g/mol. The van der Waals surface area contributed by atoms with Crippen LogP contribution in [-0.2, 0) is 0 Å². The van der Waals surface area contributed by atoms with Gasteiger partial charge < -0.3 is 10.2 Å². The van der Waals surface area contributed by atoms with E-state index in [2.05, 4.69) is 11.2 Å². The zero-order chi connectivity index (χ0) is 19.3. The Hall–Kier alpha value is -3.66. The van der Waals surface area contributed by atoms with Gasteiger partial charge in [0, 0.05) is 31.3 Å². The van der Waals surface area contributed by atoms with Gasteiger partial charge in [-0.1, -0.05) is 24.1 Å². The van der Waals surface area contributed by atoms with Crippen molar-refractivity contribution in [2.45, 2.75) is 0 Å². The van der Waals surface area contributed by atoms with Crippen molar-refractivity contribution in [2.75, 3.05) is 25.5 Å². The number of amides is 1. The first-order valence-electron chi connectivity index (χ1n) is 7.68. The van der Waals surface area contributed by atoms with Crippen LogP contribution in [0, 0.1) is 22.5 Å². The van der Waals surface area contributed by atoms with Crippen molar-refractivity contribution in [3.8, 4) is 12.3 Å². The Morgan fingerprint density at radius 2 is 1.85 bits per heavy atom. The summed E-state index contributed by atoms with van der Waals surface area (Å²) in [5, 5.41) is 13.8. The third-order valence-electron chi connectivity index (χ3n) is 3.68. The lowest BCUT2D eigenvalue weighted by molar-refractivity contribution is -0.384. The summed E-state index contributed by atoms with van der Waals surface area (Å²) in [7, 11) is 3.35. The lowest BCUT2D eigenvalue weighted by Crippen LogP contribution is -2.25. The fourth-order valence-electron chi connectivity index (χ4n) is 2.45. The molecule has 0 spiro atoms. The zero-order valence-corrected chi connectivity index (χ0v) is 14.4. The van der Waals surface area contributed by atoms with E-state index in [1.165, 1.54) is 30.3 Å². The highest BCUT2D eigenvalue weighted by Crippen LogP contribution is 2.29. The molecule has 0 aliphatic heterocycles. The van der Waals surface area contributed by atoms with E-state index >= 15 is 0 Å². The van der Waals surface area contributed by atoms with Gasteiger partial charge in [-0.25, -0.2) is 0 Å². The van der Waals surface area contributed by atoms with Gasteiger partial charge >= 0.3 is 0 Å². The van der Waals surface area contributed by atoms with E-state index in [0.717, 1.165) is 0 Å². The SMILES string of the molecule is C#CCNC(=O)c1ccccc1C(=O)c1ccc(N(C)C)c([N+](=O)[O-])c1. The first-order chi connectivity index (χ1) is 12.4. The van der Waals surface area contributed by atoms with Crippen molar-refractivity contribution in [3.63, 3.8) is 0 Å². The molecule has 0 radical (unpaired) electrons. The number of carbonyl (C=O) groups excluding carboxylic acids is 2. The zero-order valence-electron chi connectivity index (χ0n) is 14.4. The van der Waals surface area contributed by atoms with Gasteiger partial charge in [-0.05, 0) is 18.2 Å². The molecular formula is C19H17N3O4. The molecule has 2 aromatic carbocycles. The molecule has 0 unspecified atom stereocenters. The first kappa shape index (κ1) is 18.7. The second-order valence-electron chi connectivity index (χ2n) is 5.62. The van der Waals surface area contributed by atoms with Crippen molar-refractivity contribution in [1.29, 1.82) is 0 Å². The Morgan fingerprint density at radius 3 is 2.42 bits per heavy atom. The number of rotatable bonds is 6. The topological polar surface area (TPSA) is 92.6 Å². The van der Waals surface area contributed by atoms with Crippen molar-refractivity contribution < 1.29 is 14.5 Å². The van der Waals surface area contributed by atoms with E-state index in [9.17, 15) is 19.7 Å². The van der Waals surface area contributed by atoms with Crippen LogP contribution in [0.2, 0.25) is 0 Å². The number of hydrogen-bond acceptors (Lipinski definition) is 5. The second-order valence-corrected chi connectivity index (χ2v) is 5.62. The molecule has 0 fully saturated rings. The Balaban J connectivity index is 2.48. The molecule has 1 amide bonds. The van der Waals surface area contributed by atoms with Gasteiger partial charge in [0.2, 0.25) is 0 Å². The van der Waals surface area contributed by atoms with E-state index < -0.39 is 16.6 Å². The molecule has 2 rings (SSSR count). The summed E-state index contributed by atoms with van der Waals surface area (Å²) in [5.74, 6) is 1.33. The molecule has 0 aliphatic rings. The highest BCUT2D eigenvalue weighted by molar-refractivity contribution is 6.15. The molecule has 0 saturated heterocycles. The molecule has 0 saturated carbocycles. The average Bonchev–Trinajstić information content (AvgIpc) is 2.64. The second kappa shape index (κ2) is 7.94. The van der Waals surface area contributed by atoms with Crippen LogP contribution in [-0.4, -0.2) is 37.3 Å². The van der Waals surface area contributed by atoms with E-state index in [4.69, 9.17) is 6.42 Å². The van der Waals surface area contributed by atoms with Gasteiger partial charge in [0.1, 0.15) is 5.69 Å². The third kappa shape index (κ3) is 3.87. The smallest absolute Gasteiger partial charge is 0.293 e. The normalized spacial score (nSPS) is 9.88. The van der Waals surface area contributed by atoms with Gasteiger partial charge in [-0.15, -0.1) is 6.42 Å². The summed E-state index contributed by atoms with van der Waals surface area (Å²) in [6, 6.07) is 10.5. The standard InChI is InChI=1S/C19H17N3O4/c1-4-11-20-19(24)15-8-6-5-7-14(15)18(23)13-9-10-16(21(2)3)17(12-13)22(25)26/h1,5-10,12H,11H2,2-3H3,(H,20,24). The fourth-order valence-corrected chi connectivity index (χ4v) is 2.45. The number of carbonyl (C=O) groups is 2. The molecule has 0 heterocycles. The fraction of sp³-hybridized carbons (Fsp3) is 0.158. The van der Waals surface area contributed by atoms with Crippen LogP contribution in [0.5, 0.6) is 0 Å². The first-order valence-corrected chi connectivity index (χ1v) is 7.68. The van der Waals surface area contributed by atoms with Crippen LogP contribution in [0.25, 0.3) is 0 Å². The van der Waals surface area contributed by atoms with Crippen molar-refractivity contribution in [1.82, 2.24) is 5.32 Å². The summed E-state index contributed by atoms with van der Waals surface area (Å²) >= 11 is 0. The Bertz CT molecular complexity index is 913. The number of nitrogens with zero attached hydrogens (tertiary/aromatic N) is 2. The lowest BCUT2D eigenvalue weighted by Gasteiger charge is -2.14. The van der Waals surface area contributed by atoms with Crippen molar-refractivity contribution >= 4 is 23.1 Å². The number of anilines is 1. The maximum absolute atomic E-state index is 12.8. The predicted octanol–water partition coefficient (Wildman–Crippen LogP) is 2.25. The molecule has 7 heteroatoms.